The van der Waals surface area contributed by atoms with E-state index in [1.165, 1.54) is 22.1 Å². The average Bonchev–Trinajstić information content (AvgIpc) is 3.54. The Kier molecular flexibility index (Phi) is 5.62. The number of hydrogen-bond acceptors (Lipinski definition) is 7. The third-order valence-electron chi connectivity index (χ3n) is 5.71. The second kappa shape index (κ2) is 8.57. The van der Waals surface area contributed by atoms with Crippen molar-refractivity contribution in [1.82, 2.24) is 24.4 Å². The van der Waals surface area contributed by atoms with Crippen molar-refractivity contribution >= 4 is 33.8 Å². The van der Waals surface area contributed by atoms with Crippen LogP contribution < -0.4 is 0 Å². The van der Waals surface area contributed by atoms with Crippen LogP contribution in [-0.4, -0.2) is 61.6 Å². The Balaban J connectivity index is 1.47. The molecule has 0 spiro atoms. The summed E-state index contributed by atoms with van der Waals surface area (Å²) in [4.78, 5) is 22.6. The van der Waals surface area contributed by atoms with Gasteiger partial charge in [0.05, 0.1) is 17.2 Å². The molecule has 32 heavy (non-hydrogen) atoms. The van der Waals surface area contributed by atoms with E-state index in [9.17, 15) is 9.90 Å². The Hall–Kier alpha value is -2.88. The first-order valence-electron chi connectivity index (χ1n) is 10.5. The van der Waals surface area contributed by atoms with E-state index in [1.54, 1.807) is 17.0 Å². The summed E-state index contributed by atoms with van der Waals surface area (Å²) in [7, 11) is 0. The van der Waals surface area contributed by atoms with Crippen molar-refractivity contribution < 1.29 is 14.3 Å². The zero-order valence-corrected chi connectivity index (χ0v) is 19.0. The van der Waals surface area contributed by atoms with Crippen molar-refractivity contribution in [2.24, 2.45) is 0 Å². The van der Waals surface area contributed by atoms with E-state index < -0.39 is 0 Å². The van der Waals surface area contributed by atoms with Crippen LogP contribution in [0.15, 0.2) is 47.1 Å². The highest BCUT2D eigenvalue weighted by atomic mass is 35.5. The molecule has 8 nitrogen and oxygen atoms in total. The van der Waals surface area contributed by atoms with Crippen molar-refractivity contribution in [2.45, 2.75) is 19.4 Å². The molecule has 1 fully saturated rings. The summed E-state index contributed by atoms with van der Waals surface area (Å²) >= 11 is 8.00. The van der Waals surface area contributed by atoms with Crippen LogP contribution in [0.25, 0.3) is 4.96 Å². The summed E-state index contributed by atoms with van der Waals surface area (Å²) in [5.41, 5.74) is 0.899. The highest BCUT2D eigenvalue weighted by Crippen LogP contribution is 2.42. The maximum atomic E-state index is 12.7. The van der Waals surface area contributed by atoms with E-state index in [4.69, 9.17) is 16.0 Å². The number of halogens is 1. The number of rotatable bonds is 5. The Morgan fingerprint density at radius 3 is 2.66 bits per heavy atom. The zero-order chi connectivity index (χ0) is 22.2. The standard InChI is InChI=1S/C22H22ClN5O3S/c1-2-17-24-22-28(25-17)21(30)19(32-22)18(14-6-3-4-7-15(14)23)26-9-11-27(12-10-26)20(29)16-8-5-13-31-16/h3-8,13,18,30H,2,9-12H2,1H3/t18-/m0/s1. The summed E-state index contributed by atoms with van der Waals surface area (Å²) in [6, 6.07) is 10.8. The van der Waals surface area contributed by atoms with Crippen LogP contribution in [0.3, 0.4) is 0 Å². The minimum atomic E-state index is -0.275. The van der Waals surface area contributed by atoms with Crippen LogP contribution in [-0.2, 0) is 6.42 Å². The zero-order valence-electron chi connectivity index (χ0n) is 17.4. The highest BCUT2D eigenvalue weighted by molar-refractivity contribution is 7.17. The maximum Gasteiger partial charge on any atom is 0.289 e. The lowest BCUT2D eigenvalue weighted by Crippen LogP contribution is -2.49. The number of aromatic nitrogens is 3. The van der Waals surface area contributed by atoms with Crippen molar-refractivity contribution in [2.75, 3.05) is 26.2 Å². The molecule has 1 aliphatic rings. The Bertz CT molecular complexity index is 1240. The molecule has 1 amide bonds. The van der Waals surface area contributed by atoms with Gasteiger partial charge in [0.2, 0.25) is 10.8 Å². The number of carbonyl (C=O) groups is 1. The van der Waals surface area contributed by atoms with Gasteiger partial charge in [0, 0.05) is 37.6 Å². The van der Waals surface area contributed by atoms with Crippen LogP contribution in [0.5, 0.6) is 5.88 Å². The van der Waals surface area contributed by atoms with E-state index >= 15 is 0 Å². The first kappa shape index (κ1) is 21.0. The van der Waals surface area contributed by atoms with Crippen LogP contribution in [0.4, 0.5) is 0 Å². The van der Waals surface area contributed by atoms with Crippen molar-refractivity contribution in [3.8, 4) is 5.88 Å². The van der Waals surface area contributed by atoms with E-state index in [-0.39, 0.29) is 17.8 Å². The Morgan fingerprint density at radius 2 is 2.00 bits per heavy atom. The quantitative estimate of drug-likeness (QED) is 0.475. The second-order valence-corrected chi connectivity index (χ2v) is 9.01. The number of carbonyl (C=O) groups excluding carboxylic acids is 1. The average molecular weight is 472 g/mol. The van der Waals surface area contributed by atoms with Gasteiger partial charge in [0.1, 0.15) is 0 Å². The normalized spacial score (nSPS) is 16.0. The second-order valence-electron chi connectivity index (χ2n) is 7.60. The van der Waals surface area contributed by atoms with Gasteiger partial charge in [-0.2, -0.15) is 4.52 Å². The molecule has 1 aliphatic heterocycles. The number of fused-ring (bicyclic) bond motifs is 1. The number of aryl methyl sites for hydroxylation is 1. The van der Waals surface area contributed by atoms with Crippen molar-refractivity contribution in [3.63, 3.8) is 0 Å². The van der Waals surface area contributed by atoms with Gasteiger partial charge < -0.3 is 14.4 Å². The minimum absolute atomic E-state index is 0.0798. The van der Waals surface area contributed by atoms with Crippen LogP contribution in [0, 0.1) is 0 Å². The molecule has 0 saturated carbocycles. The molecule has 0 bridgehead atoms. The summed E-state index contributed by atoms with van der Waals surface area (Å²) in [5, 5.41) is 16.1. The number of aromatic hydroxyl groups is 1. The first-order valence-corrected chi connectivity index (χ1v) is 11.6. The fourth-order valence-electron chi connectivity index (χ4n) is 4.06. The largest absolute Gasteiger partial charge is 0.492 e. The predicted molar refractivity (Wildman–Crippen MR) is 121 cm³/mol. The minimum Gasteiger partial charge on any atom is -0.492 e. The molecule has 10 heteroatoms. The number of nitrogens with zero attached hydrogens (tertiary/aromatic N) is 5. The molecule has 4 aromatic rings. The molecule has 1 atom stereocenters. The first-order chi connectivity index (χ1) is 15.6. The molecule has 4 heterocycles. The predicted octanol–water partition coefficient (Wildman–Crippen LogP) is 3.85. The molecule has 1 N–H and O–H groups in total. The number of piperazine rings is 1. The third-order valence-corrected chi connectivity index (χ3v) is 7.12. The molecule has 1 saturated heterocycles. The fraction of sp³-hybridized carbons (Fsp3) is 0.318. The number of amides is 1. The Labute approximate surface area is 193 Å². The highest BCUT2D eigenvalue weighted by Gasteiger charge is 2.34. The number of hydrogen-bond donors (Lipinski definition) is 1. The summed E-state index contributed by atoms with van der Waals surface area (Å²) in [6.07, 6.45) is 2.20. The van der Waals surface area contributed by atoms with Gasteiger partial charge in [-0.05, 0) is 23.8 Å². The molecule has 1 aromatic carbocycles. The monoisotopic (exact) mass is 471 g/mol. The van der Waals surface area contributed by atoms with Crippen LogP contribution in [0.1, 0.15) is 39.8 Å². The van der Waals surface area contributed by atoms with E-state index in [0.29, 0.717) is 54.2 Å². The molecular formula is C22H22ClN5O3S. The van der Waals surface area contributed by atoms with E-state index in [1.807, 2.05) is 31.2 Å². The van der Waals surface area contributed by atoms with Crippen molar-refractivity contribution in [1.29, 1.82) is 0 Å². The summed E-state index contributed by atoms with van der Waals surface area (Å²) in [6.45, 7) is 4.31. The van der Waals surface area contributed by atoms with Gasteiger partial charge in [-0.3, -0.25) is 9.69 Å². The molecule has 0 radical (unpaired) electrons. The lowest BCUT2D eigenvalue weighted by Gasteiger charge is -2.39. The topological polar surface area (TPSA) is 87.1 Å². The summed E-state index contributed by atoms with van der Waals surface area (Å²) < 4.78 is 6.77. The number of benzene rings is 1. The molecule has 0 aliphatic carbocycles. The van der Waals surface area contributed by atoms with Gasteiger partial charge in [0.25, 0.3) is 5.91 Å². The molecule has 0 unspecified atom stereocenters. The van der Waals surface area contributed by atoms with Gasteiger partial charge in [-0.25, -0.2) is 4.98 Å². The van der Waals surface area contributed by atoms with Crippen LogP contribution in [0.2, 0.25) is 5.02 Å². The molecular weight excluding hydrogens is 450 g/mol. The van der Waals surface area contributed by atoms with E-state index in [2.05, 4.69) is 15.0 Å². The van der Waals surface area contributed by atoms with Crippen molar-refractivity contribution in [3.05, 3.63) is 69.7 Å². The SMILES string of the molecule is CCc1nc2sc([C@H](c3ccccc3Cl)N3CCN(C(=O)c4ccco4)CC3)c(O)n2n1. The number of thiazole rings is 1. The maximum absolute atomic E-state index is 12.7. The smallest absolute Gasteiger partial charge is 0.289 e. The molecule has 3 aromatic heterocycles. The third kappa shape index (κ3) is 3.66. The van der Waals surface area contributed by atoms with Gasteiger partial charge in [0.15, 0.2) is 11.6 Å². The summed E-state index contributed by atoms with van der Waals surface area (Å²) in [5.74, 6) is 1.00. The van der Waals surface area contributed by atoms with Gasteiger partial charge in [-0.1, -0.05) is 48.1 Å². The number of furan rings is 1. The molecule has 166 valence electrons. The lowest BCUT2D eigenvalue weighted by molar-refractivity contribution is 0.0568. The van der Waals surface area contributed by atoms with Gasteiger partial charge >= 0.3 is 0 Å². The Morgan fingerprint density at radius 1 is 1.22 bits per heavy atom. The van der Waals surface area contributed by atoms with E-state index in [0.717, 1.165) is 10.4 Å². The van der Waals surface area contributed by atoms with Gasteiger partial charge in [-0.15, -0.1) is 5.10 Å². The van der Waals surface area contributed by atoms with Crippen LogP contribution >= 0.6 is 22.9 Å². The fourth-order valence-corrected chi connectivity index (χ4v) is 5.42. The molecule has 5 rings (SSSR count). The lowest BCUT2D eigenvalue weighted by atomic mass is 10.0.